The van der Waals surface area contributed by atoms with E-state index in [-0.39, 0.29) is 19.0 Å². The van der Waals surface area contributed by atoms with Crippen LogP contribution in [-0.2, 0) is 11.3 Å². The molecule has 0 radical (unpaired) electrons. The van der Waals surface area contributed by atoms with Crippen LogP contribution in [0.25, 0.3) is 0 Å². The lowest BCUT2D eigenvalue weighted by Gasteiger charge is -2.29. The molecule has 0 aliphatic heterocycles. The number of nitrogens with zero attached hydrogens (tertiary/aromatic N) is 1. The van der Waals surface area contributed by atoms with Crippen molar-refractivity contribution in [2.24, 2.45) is 17.6 Å². The second-order valence-corrected chi connectivity index (χ2v) is 5.38. The summed E-state index contributed by atoms with van der Waals surface area (Å²) in [4.78, 5) is 13.2. The van der Waals surface area contributed by atoms with Crippen LogP contribution in [-0.4, -0.2) is 30.1 Å². The molecule has 1 amide bonds. The van der Waals surface area contributed by atoms with Gasteiger partial charge in [0.2, 0.25) is 5.91 Å². The van der Waals surface area contributed by atoms with E-state index in [1.54, 1.807) is 44.2 Å². The highest BCUT2D eigenvalue weighted by Gasteiger charge is 2.35. The van der Waals surface area contributed by atoms with Gasteiger partial charge in [-0.15, -0.1) is 0 Å². The Bertz CT molecular complexity index is 446. The molecule has 21 heavy (non-hydrogen) atoms. The fourth-order valence-electron chi connectivity index (χ4n) is 2.12. The Morgan fingerprint density at radius 3 is 2.24 bits per heavy atom. The zero-order valence-electron chi connectivity index (χ0n) is 12.2. The minimum absolute atomic E-state index is 0.0413. The largest absolute Gasteiger partial charge is 0.406 e. The Balaban J connectivity index is 2.93. The summed E-state index contributed by atoms with van der Waals surface area (Å²) >= 11 is 0. The lowest BCUT2D eigenvalue weighted by molar-refractivity contribution is -0.165. The number of hydrogen-bond acceptors (Lipinski definition) is 2. The van der Waals surface area contributed by atoms with Crippen LogP contribution in [0.3, 0.4) is 0 Å². The van der Waals surface area contributed by atoms with Crippen molar-refractivity contribution >= 4 is 5.91 Å². The maximum absolute atomic E-state index is 12.7. The first-order chi connectivity index (χ1) is 9.74. The van der Waals surface area contributed by atoms with E-state index in [4.69, 9.17) is 5.73 Å². The van der Waals surface area contributed by atoms with Gasteiger partial charge < -0.3 is 10.6 Å². The average molecular weight is 302 g/mol. The third-order valence-corrected chi connectivity index (χ3v) is 3.27. The van der Waals surface area contributed by atoms with E-state index in [2.05, 4.69) is 0 Å². The van der Waals surface area contributed by atoms with Crippen LogP contribution >= 0.6 is 0 Å². The molecule has 3 nitrogen and oxygen atoms in total. The van der Waals surface area contributed by atoms with Gasteiger partial charge >= 0.3 is 6.18 Å². The second-order valence-electron chi connectivity index (χ2n) is 5.38. The summed E-state index contributed by atoms with van der Waals surface area (Å²) in [7, 11) is 0. The van der Waals surface area contributed by atoms with Crippen LogP contribution in [0.2, 0.25) is 0 Å². The Hall–Kier alpha value is -1.56. The topological polar surface area (TPSA) is 46.3 Å². The summed E-state index contributed by atoms with van der Waals surface area (Å²) in [5.41, 5.74) is 6.20. The quantitative estimate of drug-likeness (QED) is 0.878. The molecule has 118 valence electrons. The molecule has 1 rings (SSSR count). The van der Waals surface area contributed by atoms with Crippen molar-refractivity contribution in [3.8, 4) is 0 Å². The predicted octanol–water partition coefficient (Wildman–Crippen LogP) is 2.81. The second kappa shape index (κ2) is 7.45. The van der Waals surface area contributed by atoms with Crippen molar-refractivity contribution < 1.29 is 18.0 Å². The van der Waals surface area contributed by atoms with E-state index >= 15 is 0 Å². The van der Waals surface area contributed by atoms with E-state index in [0.717, 1.165) is 4.90 Å². The molecule has 0 saturated carbocycles. The van der Waals surface area contributed by atoms with Crippen molar-refractivity contribution in [1.29, 1.82) is 0 Å². The summed E-state index contributed by atoms with van der Waals surface area (Å²) < 4.78 is 38.1. The predicted molar refractivity (Wildman–Crippen MR) is 75.3 cm³/mol. The van der Waals surface area contributed by atoms with Crippen LogP contribution in [0, 0.1) is 11.8 Å². The Morgan fingerprint density at radius 2 is 1.81 bits per heavy atom. The first kappa shape index (κ1) is 17.5. The van der Waals surface area contributed by atoms with Gasteiger partial charge in [-0.2, -0.15) is 13.2 Å². The fourth-order valence-corrected chi connectivity index (χ4v) is 2.12. The average Bonchev–Trinajstić information content (AvgIpc) is 2.38. The number of halogens is 3. The Labute approximate surface area is 122 Å². The van der Waals surface area contributed by atoms with Gasteiger partial charge in [0.15, 0.2) is 0 Å². The number of carbonyl (C=O) groups excluding carboxylic acids is 1. The van der Waals surface area contributed by atoms with E-state index < -0.39 is 24.5 Å². The molecule has 0 saturated heterocycles. The Kier molecular flexibility index (Phi) is 6.20. The molecule has 0 aliphatic carbocycles. The van der Waals surface area contributed by atoms with Crippen molar-refractivity contribution in [3.05, 3.63) is 35.9 Å². The van der Waals surface area contributed by atoms with Gasteiger partial charge in [0.05, 0.1) is 5.92 Å². The highest BCUT2D eigenvalue weighted by atomic mass is 19.4. The van der Waals surface area contributed by atoms with E-state index in [0.29, 0.717) is 5.56 Å². The summed E-state index contributed by atoms with van der Waals surface area (Å²) in [5, 5.41) is 0. The molecule has 0 spiro atoms. The third-order valence-electron chi connectivity index (χ3n) is 3.27. The van der Waals surface area contributed by atoms with Crippen molar-refractivity contribution in [2.75, 3.05) is 13.1 Å². The smallest absolute Gasteiger partial charge is 0.330 e. The summed E-state index contributed by atoms with van der Waals surface area (Å²) in [5.74, 6) is -1.25. The molecular weight excluding hydrogens is 281 g/mol. The molecule has 1 atom stereocenters. The minimum Gasteiger partial charge on any atom is -0.330 e. The van der Waals surface area contributed by atoms with Crippen molar-refractivity contribution in [3.63, 3.8) is 0 Å². The van der Waals surface area contributed by atoms with Gasteiger partial charge in [0, 0.05) is 13.1 Å². The number of nitrogens with two attached hydrogens (primary N) is 1. The molecule has 1 aromatic carbocycles. The SMILES string of the molecule is CC(C)C(CN)C(=O)N(Cc1ccccc1)CC(F)(F)F. The van der Waals surface area contributed by atoms with Crippen molar-refractivity contribution in [2.45, 2.75) is 26.6 Å². The monoisotopic (exact) mass is 302 g/mol. The van der Waals surface area contributed by atoms with Gasteiger partial charge in [0.25, 0.3) is 0 Å². The van der Waals surface area contributed by atoms with Crippen LogP contribution in [0.15, 0.2) is 30.3 Å². The molecule has 1 aromatic rings. The van der Waals surface area contributed by atoms with Crippen molar-refractivity contribution in [1.82, 2.24) is 4.90 Å². The van der Waals surface area contributed by atoms with Crippen LogP contribution in [0.1, 0.15) is 19.4 Å². The first-order valence-corrected chi connectivity index (χ1v) is 6.84. The molecule has 2 N–H and O–H groups in total. The van der Waals surface area contributed by atoms with Gasteiger partial charge in [-0.25, -0.2) is 0 Å². The maximum atomic E-state index is 12.7. The van der Waals surface area contributed by atoms with E-state index in [1.807, 2.05) is 0 Å². The molecule has 0 aliphatic rings. The fraction of sp³-hybridized carbons (Fsp3) is 0.533. The minimum atomic E-state index is -4.43. The number of rotatable bonds is 6. The maximum Gasteiger partial charge on any atom is 0.406 e. The highest BCUT2D eigenvalue weighted by Crippen LogP contribution is 2.22. The van der Waals surface area contributed by atoms with Crippen LogP contribution in [0.5, 0.6) is 0 Å². The molecule has 1 unspecified atom stereocenters. The van der Waals surface area contributed by atoms with Gasteiger partial charge in [-0.1, -0.05) is 44.2 Å². The summed E-state index contributed by atoms with van der Waals surface area (Å²) in [6, 6.07) is 8.63. The zero-order valence-corrected chi connectivity index (χ0v) is 12.2. The third kappa shape index (κ3) is 5.75. The molecule has 0 aromatic heterocycles. The molecule has 0 heterocycles. The van der Waals surface area contributed by atoms with Crippen LogP contribution in [0.4, 0.5) is 13.2 Å². The van der Waals surface area contributed by atoms with E-state index in [9.17, 15) is 18.0 Å². The van der Waals surface area contributed by atoms with Gasteiger partial charge in [-0.3, -0.25) is 4.79 Å². The lowest BCUT2D eigenvalue weighted by Crippen LogP contribution is -2.45. The molecule has 6 heteroatoms. The normalized spacial score (nSPS) is 13.3. The lowest BCUT2D eigenvalue weighted by atomic mass is 9.94. The first-order valence-electron chi connectivity index (χ1n) is 6.84. The van der Waals surface area contributed by atoms with E-state index in [1.165, 1.54) is 0 Å². The number of carbonyl (C=O) groups is 1. The Morgan fingerprint density at radius 1 is 1.24 bits per heavy atom. The van der Waals surface area contributed by atoms with Gasteiger partial charge in [-0.05, 0) is 11.5 Å². The molecule has 0 bridgehead atoms. The number of alkyl halides is 3. The number of amides is 1. The number of benzene rings is 1. The van der Waals surface area contributed by atoms with Gasteiger partial charge in [0.1, 0.15) is 6.54 Å². The molecule has 0 fully saturated rings. The zero-order chi connectivity index (χ0) is 16.0. The summed E-state index contributed by atoms with van der Waals surface area (Å²) in [6.45, 7) is 2.28. The summed E-state index contributed by atoms with van der Waals surface area (Å²) in [6.07, 6.45) is -4.43. The molecular formula is C15H21F3N2O. The number of hydrogen-bond donors (Lipinski definition) is 1. The highest BCUT2D eigenvalue weighted by molar-refractivity contribution is 5.79. The standard InChI is InChI=1S/C15H21F3N2O/c1-11(2)13(8-19)14(21)20(10-15(16,17)18)9-12-6-4-3-5-7-12/h3-7,11,13H,8-10,19H2,1-2H3. The van der Waals surface area contributed by atoms with Crippen LogP contribution < -0.4 is 5.73 Å².